The summed E-state index contributed by atoms with van der Waals surface area (Å²) in [6.07, 6.45) is 18.8. The zero-order chi connectivity index (χ0) is 30.6. The third-order valence-electron chi connectivity index (χ3n) is 6.67. The van der Waals surface area contributed by atoms with E-state index < -0.39 is 0 Å². The minimum atomic E-state index is -0.379. The molecule has 0 aliphatic heterocycles. The quantitative estimate of drug-likeness (QED) is 0.196. The van der Waals surface area contributed by atoms with Crippen molar-refractivity contribution in [2.75, 3.05) is 13.3 Å². The monoisotopic (exact) mass is 566 g/mol. The van der Waals surface area contributed by atoms with Crippen LogP contribution < -0.4 is 11.5 Å². The molecule has 0 bridgehead atoms. The van der Waals surface area contributed by atoms with Crippen molar-refractivity contribution in [1.82, 2.24) is 0 Å². The Hall–Kier alpha value is -2.71. The van der Waals surface area contributed by atoms with Crippen molar-refractivity contribution in [2.24, 2.45) is 28.7 Å². The third kappa shape index (κ3) is 16.4. The first-order chi connectivity index (χ1) is 18.9. The molecule has 1 atom stereocenters. The van der Waals surface area contributed by atoms with Crippen LogP contribution >= 0.6 is 8.58 Å². The highest BCUT2D eigenvalue weighted by atomic mass is 31.1. The highest BCUT2D eigenvalue weighted by Gasteiger charge is 2.25. The number of Topliss-reactive ketones (excluding diaryl/α,β-unsaturated/α-hetero) is 1. The highest BCUT2D eigenvalue weighted by Crippen LogP contribution is 2.37. The van der Waals surface area contributed by atoms with Gasteiger partial charge in [-0.3, -0.25) is 9.59 Å². The predicted molar refractivity (Wildman–Crippen MR) is 178 cm³/mol. The van der Waals surface area contributed by atoms with Crippen LogP contribution in [0, 0.1) is 17.3 Å². The summed E-state index contributed by atoms with van der Waals surface area (Å²) in [4.78, 5) is 22.9. The van der Waals surface area contributed by atoms with E-state index in [9.17, 15) is 9.59 Å². The smallest absolute Gasteiger partial charge is 0.248 e. The van der Waals surface area contributed by atoms with Crippen LogP contribution in [-0.4, -0.2) is 25.0 Å². The molecule has 1 fully saturated rings. The van der Waals surface area contributed by atoms with Gasteiger partial charge in [0.2, 0.25) is 5.91 Å². The van der Waals surface area contributed by atoms with Crippen LogP contribution in [0.15, 0.2) is 90.7 Å². The fraction of sp³-hybridized carbons (Fsp3) is 0.486. The van der Waals surface area contributed by atoms with E-state index in [0.29, 0.717) is 29.4 Å². The number of benzene rings is 1. The zero-order valence-electron chi connectivity index (χ0n) is 26.0. The van der Waals surface area contributed by atoms with E-state index in [2.05, 4.69) is 51.6 Å². The largest absolute Gasteiger partial charge is 0.402 e. The number of hydrogen-bond donors (Lipinski definition) is 2. The van der Waals surface area contributed by atoms with Gasteiger partial charge in [0.05, 0.1) is 0 Å². The maximum Gasteiger partial charge on any atom is 0.248 e. The Morgan fingerprint density at radius 3 is 2.08 bits per heavy atom. The van der Waals surface area contributed by atoms with Gasteiger partial charge in [0, 0.05) is 23.1 Å². The van der Waals surface area contributed by atoms with Gasteiger partial charge < -0.3 is 11.5 Å². The molecule has 4 nitrogen and oxygen atoms in total. The number of carbonyl (C=O) groups excluding carboxylic acids is 2. The predicted octanol–water partition coefficient (Wildman–Crippen LogP) is 8.77. The fourth-order valence-corrected chi connectivity index (χ4v) is 4.54. The Kier molecular flexibility index (Phi) is 19.7. The summed E-state index contributed by atoms with van der Waals surface area (Å²) in [6, 6.07) is 8.76. The third-order valence-corrected chi connectivity index (χ3v) is 6.67. The average Bonchev–Trinajstić information content (AvgIpc) is 3.44. The molecule has 222 valence electrons. The highest BCUT2D eigenvalue weighted by molar-refractivity contribution is 7.35. The molecule has 0 heterocycles. The summed E-state index contributed by atoms with van der Waals surface area (Å²) in [7, 11) is 1.08. The number of primary amides is 1. The van der Waals surface area contributed by atoms with Crippen molar-refractivity contribution < 1.29 is 9.59 Å². The molecule has 0 spiro atoms. The van der Waals surface area contributed by atoms with Gasteiger partial charge in [0.15, 0.2) is 0 Å². The molecule has 1 aliphatic rings. The number of allylic oxidation sites excluding steroid dienone is 8. The standard InChI is InChI=1S/C26H41NO.C7H7NO.C2H7P/c1-7-9-10-13-22(8-2)24(23-14-11-12-15-23)19-21(18-20(3)27)16-17-25(28)26(4,5)6;8-7(9)6-4-2-1-3-5-6;1-3-2/h7,9-10,13,19,21,23H,1,3,8,11-12,14-18,27H2,2,4-6H3;1-5H,(H2,8,9);3H,1-2H3/b10-9-,22-13+,24-19+;;. The number of nitrogens with two attached hydrogens (primary N) is 2. The van der Waals surface area contributed by atoms with Crippen molar-refractivity contribution in [1.29, 1.82) is 0 Å². The summed E-state index contributed by atoms with van der Waals surface area (Å²) in [6.45, 7) is 20.2. The first-order valence-corrected chi connectivity index (χ1v) is 16.5. The molecule has 4 N–H and O–H groups in total. The summed E-state index contributed by atoms with van der Waals surface area (Å²) in [5.74, 6) is 0.819. The number of amides is 1. The van der Waals surface area contributed by atoms with Gasteiger partial charge >= 0.3 is 0 Å². The molecule has 1 unspecified atom stereocenters. The summed E-state index contributed by atoms with van der Waals surface area (Å²) in [5, 5.41) is 0. The second kappa shape index (κ2) is 21.1. The maximum atomic E-state index is 12.5. The lowest BCUT2D eigenvalue weighted by Gasteiger charge is -2.23. The second-order valence-corrected chi connectivity index (χ2v) is 12.3. The Morgan fingerprint density at radius 2 is 1.65 bits per heavy atom. The van der Waals surface area contributed by atoms with Crippen LogP contribution in [0.25, 0.3) is 0 Å². The molecule has 2 rings (SSSR count). The van der Waals surface area contributed by atoms with Gasteiger partial charge in [-0.15, -0.1) is 8.58 Å². The van der Waals surface area contributed by atoms with E-state index in [1.807, 2.05) is 39.0 Å². The van der Waals surface area contributed by atoms with Gasteiger partial charge in [-0.2, -0.15) is 0 Å². The Balaban J connectivity index is 0.00000104. The van der Waals surface area contributed by atoms with Crippen LogP contribution in [0.4, 0.5) is 0 Å². The molecule has 0 aromatic heterocycles. The molecular weight excluding hydrogens is 511 g/mol. The number of ketones is 1. The SMILES string of the molecule is C=C\C=C/C=C(CC)/C(=C\C(CCC(=O)C(C)(C)C)CC(=C)N)C1CCCC1.CPC.NC(=O)c1ccccc1. The molecular formula is C35H55N2O2P. The molecule has 0 saturated heterocycles. The Labute approximate surface area is 246 Å². The van der Waals surface area contributed by atoms with Crippen LogP contribution in [0.2, 0.25) is 0 Å². The van der Waals surface area contributed by atoms with Gasteiger partial charge in [-0.05, 0) is 80.5 Å². The zero-order valence-corrected chi connectivity index (χ0v) is 27.0. The second-order valence-electron chi connectivity index (χ2n) is 11.3. The minimum absolute atomic E-state index is 0.262. The van der Waals surface area contributed by atoms with E-state index in [1.54, 1.807) is 24.3 Å². The van der Waals surface area contributed by atoms with Gasteiger partial charge in [0.25, 0.3) is 0 Å². The van der Waals surface area contributed by atoms with Crippen molar-refractivity contribution in [2.45, 2.75) is 79.1 Å². The van der Waals surface area contributed by atoms with Crippen LogP contribution in [0.3, 0.4) is 0 Å². The summed E-state index contributed by atoms with van der Waals surface area (Å²) in [5.41, 5.74) is 14.8. The number of rotatable bonds is 12. The topological polar surface area (TPSA) is 86.2 Å². The average molecular weight is 567 g/mol. The van der Waals surface area contributed by atoms with E-state index in [1.165, 1.54) is 36.8 Å². The minimum Gasteiger partial charge on any atom is -0.402 e. The van der Waals surface area contributed by atoms with Crippen molar-refractivity contribution in [3.8, 4) is 0 Å². The van der Waals surface area contributed by atoms with Gasteiger partial charge in [-0.1, -0.05) is 102 Å². The molecule has 1 amide bonds. The Morgan fingerprint density at radius 1 is 1.07 bits per heavy atom. The molecule has 5 heteroatoms. The lowest BCUT2D eigenvalue weighted by molar-refractivity contribution is -0.126. The van der Waals surface area contributed by atoms with Gasteiger partial charge in [-0.25, -0.2) is 0 Å². The van der Waals surface area contributed by atoms with E-state index in [4.69, 9.17) is 11.5 Å². The van der Waals surface area contributed by atoms with Crippen LogP contribution in [-0.2, 0) is 4.79 Å². The van der Waals surface area contributed by atoms with E-state index in [0.717, 1.165) is 27.8 Å². The molecule has 40 heavy (non-hydrogen) atoms. The number of carbonyl (C=O) groups is 2. The normalized spacial score (nSPS) is 14.9. The summed E-state index contributed by atoms with van der Waals surface area (Å²) >= 11 is 0. The first-order valence-electron chi connectivity index (χ1n) is 14.5. The Bertz CT molecular complexity index is 994. The molecule has 1 aromatic rings. The van der Waals surface area contributed by atoms with Gasteiger partial charge in [0.1, 0.15) is 5.78 Å². The molecule has 0 radical (unpaired) electrons. The lowest BCUT2D eigenvalue weighted by Crippen LogP contribution is -2.21. The fourth-order valence-electron chi connectivity index (χ4n) is 4.54. The molecule has 1 saturated carbocycles. The first kappa shape index (κ1) is 37.3. The van der Waals surface area contributed by atoms with Crippen molar-refractivity contribution in [3.05, 3.63) is 96.3 Å². The lowest BCUT2D eigenvalue weighted by atomic mass is 9.82. The molecule has 1 aliphatic carbocycles. The number of hydrogen-bond acceptors (Lipinski definition) is 3. The van der Waals surface area contributed by atoms with Crippen LogP contribution in [0.5, 0.6) is 0 Å². The summed E-state index contributed by atoms with van der Waals surface area (Å²) < 4.78 is 0. The van der Waals surface area contributed by atoms with E-state index in [-0.39, 0.29) is 17.2 Å². The molecule has 1 aromatic carbocycles. The van der Waals surface area contributed by atoms with Crippen LogP contribution in [0.1, 0.15) is 89.4 Å². The van der Waals surface area contributed by atoms with Crippen molar-refractivity contribution in [3.63, 3.8) is 0 Å². The maximum absolute atomic E-state index is 12.5. The van der Waals surface area contributed by atoms with E-state index >= 15 is 0 Å². The van der Waals surface area contributed by atoms with Crippen molar-refractivity contribution >= 4 is 20.3 Å².